The zero-order chi connectivity index (χ0) is 15.4. The molecule has 3 atom stereocenters. The van der Waals surface area contributed by atoms with E-state index in [1.807, 2.05) is 0 Å². The standard InChI is InChI=1S/C16H27N3OS/c1-5-6-14-16(20)19(12(2)7-9-18(3)4)15(17-14)13-8-10-21-11-13/h8,10-12,14-15,17H,5-7,9H2,1-4H3. The van der Waals surface area contributed by atoms with Gasteiger partial charge in [0.1, 0.15) is 6.17 Å². The lowest BCUT2D eigenvalue weighted by molar-refractivity contribution is -0.132. The molecule has 21 heavy (non-hydrogen) atoms. The first-order chi connectivity index (χ1) is 10.0. The van der Waals surface area contributed by atoms with Crippen molar-refractivity contribution in [2.75, 3.05) is 20.6 Å². The van der Waals surface area contributed by atoms with Crippen molar-refractivity contribution in [3.8, 4) is 0 Å². The molecule has 1 saturated heterocycles. The maximum atomic E-state index is 12.7. The summed E-state index contributed by atoms with van der Waals surface area (Å²) in [7, 11) is 4.15. The van der Waals surface area contributed by atoms with Crippen LogP contribution < -0.4 is 5.32 Å². The van der Waals surface area contributed by atoms with E-state index < -0.39 is 0 Å². The molecule has 1 amide bonds. The van der Waals surface area contributed by atoms with Crippen LogP contribution in [-0.2, 0) is 4.79 Å². The number of hydrogen-bond donors (Lipinski definition) is 1. The van der Waals surface area contributed by atoms with Crippen molar-refractivity contribution in [1.82, 2.24) is 15.1 Å². The topological polar surface area (TPSA) is 35.6 Å². The Bertz CT molecular complexity index is 446. The van der Waals surface area contributed by atoms with Gasteiger partial charge in [-0.05, 0) is 62.8 Å². The number of nitrogens with one attached hydrogen (secondary N) is 1. The van der Waals surface area contributed by atoms with Crippen molar-refractivity contribution in [1.29, 1.82) is 0 Å². The molecule has 0 radical (unpaired) electrons. The minimum absolute atomic E-state index is 0.0262. The van der Waals surface area contributed by atoms with Crippen molar-refractivity contribution >= 4 is 17.2 Å². The van der Waals surface area contributed by atoms with Crippen LogP contribution in [0.5, 0.6) is 0 Å². The van der Waals surface area contributed by atoms with E-state index in [-0.39, 0.29) is 24.2 Å². The highest BCUT2D eigenvalue weighted by atomic mass is 32.1. The molecule has 118 valence electrons. The van der Waals surface area contributed by atoms with E-state index in [0.29, 0.717) is 0 Å². The van der Waals surface area contributed by atoms with Gasteiger partial charge in [0.2, 0.25) is 5.91 Å². The second-order valence-corrected chi connectivity index (χ2v) is 6.93. The first kappa shape index (κ1) is 16.5. The molecule has 4 nitrogen and oxygen atoms in total. The number of hydrogen-bond acceptors (Lipinski definition) is 4. The third kappa shape index (κ3) is 3.84. The lowest BCUT2D eigenvalue weighted by Gasteiger charge is -2.31. The Kier molecular flexibility index (Phi) is 5.79. The summed E-state index contributed by atoms with van der Waals surface area (Å²) in [6.07, 6.45) is 2.98. The average Bonchev–Trinajstić information content (AvgIpc) is 3.05. The van der Waals surface area contributed by atoms with Crippen LogP contribution in [0.3, 0.4) is 0 Å². The first-order valence-electron chi connectivity index (χ1n) is 7.79. The lowest BCUT2D eigenvalue weighted by atomic mass is 10.1. The van der Waals surface area contributed by atoms with Gasteiger partial charge >= 0.3 is 0 Å². The Hall–Kier alpha value is -0.910. The molecule has 1 aromatic heterocycles. The van der Waals surface area contributed by atoms with Crippen molar-refractivity contribution < 1.29 is 4.79 Å². The fourth-order valence-electron chi connectivity index (χ4n) is 2.89. The second kappa shape index (κ2) is 7.38. The lowest BCUT2D eigenvalue weighted by Crippen LogP contribution is -2.39. The van der Waals surface area contributed by atoms with Crippen molar-refractivity contribution in [2.24, 2.45) is 0 Å². The van der Waals surface area contributed by atoms with Gasteiger partial charge in [-0.1, -0.05) is 13.3 Å². The summed E-state index contributed by atoms with van der Waals surface area (Å²) < 4.78 is 0. The predicted molar refractivity (Wildman–Crippen MR) is 88.4 cm³/mol. The van der Waals surface area contributed by atoms with Crippen molar-refractivity contribution in [3.63, 3.8) is 0 Å². The highest BCUT2D eigenvalue weighted by molar-refractivity contribution is 7.07. The summed E-state index contributed by atoms with van der Waals surface area (Å²) in [6.45, 7) is 5.29. The number of amides is 1. The Balaban J connectivity index is 2.14. The Morgan fingerprint density at radius 1 is 1.48 bits per heavy atom. The third-order valence-electron chi connectivity index (χ3n) is 4.10. The number of thiophene rings is 1. The summed E-state index contributed by atoms with van der Waals surface area (Å²) in [5.41, 5.74) is 1.21. The van der Waals surface area contributed by atoms with E-state index in [4.69, 9.17) is 0 Å². The molecule has 1 aromatic rings. The van der Waals surface area contributed by atoms with Gasteiger partial charge in [0.15, 0.2) is 0 Å². The van der Waals surface area contributed by atoms with Gasteiger partial charge in [0.05, 0.1) is 6.04 Å². The quantitative estimate of drug-likeness (QED) is 0.841. The minimum Gasteiger partial charge on any atom is -0.319 e. The van der Waals surface area contributed by atoms with Crippen LogP contribution in [0.1, 0.15) is 44.8 Å². The monoisotopic (exact) mass is 309 g/mol. The molecular formula is C16H27N3OS. The largest absolute Gasteiger partial charge is 0.319 e. The number of carbonyl (C=O) groups is 1. The van der Waals surface area contributed by atoms with E-state index in [2.05, 4.69) is 59.9 Å². The molecular weight excluding hydrogens is 282 g/mol. The Labute approximate surface area is 132 Å². The zero-order valence-electron chi connectivity index (χ0n) is 13.5. The fraction of sp³-hybridized carbons (Fsp3) is 0.688. The van der Waals surface area contributed by atoms with Crippen LogP contribution >= 0.6 is 11.3 Å². The Morgan fingerprint density at radius 2 is 2.24 bits per heavy atom. The molecule has 5 heteroatoms. The molecule has 0 saturated carbocycles. The summed E-state index contributed by atoms with van der Waals surface area (Å²) in [4.78, 5) is 17.0. The Morgan fingerprint density at radius 3 is 2.81 bits per heavy atom. The molecule has 1 fully saturated rings. The maximum Gasteiger partial charge on any atom is 0.241 e. The SMILES string of the molecule is CCCC1NC(c2ccsc2)N(C(C)CCN(C)C)C1=O. The minimum atomic E-state index is -0.0262. The summed E-state index contributed by atoms with van der Waals surface area (Å²) in [6, 6.07) is 2.34. The van der Waals surface area contributed by atoms with Crippen molar-refractivity contribution in [3.05, 3.63) is 22.4 Å². The van der Waals surface area contributed by atoms with E-state index in [0.717, 1.165) is 25.8 Å². The molecule has 0 bridgehead atoms. The highest BCUT2D eigenvalue weighted by Gasteiger charge is 2.41. The fourth-order valence-corrected chi connectivity index (χ4v) is 3.57. The molecule has 0 aromatic carbocycles. The van der Waals surface area contributed by atoms with Crippen LogP contribution in [-0.4, -0.2) is 48.4 Å². The van der Waals surface area contributed by atoms with E-state index in [1.165, 1.54) is 5.56 Å². The molecule has 0 aliphatic carbocycles. The molecule has 0 spiro atoms. The highest BCUT2D eigenvalue weighted by Crippen LogP contribution is 2.31. The zero-order valence-corrected chi connectivity index (χ0v) is 14.3. The van der Waals surface area contributed by atoms with E-state index in [1.54, 1.807) is 11.3 Å². The van der Waals surface area contributed by atoms with Gasteiger partial charge in [0, 0.05) is 6.04 Å². The summed E-state index contributed by atoms with van der Waals surface area (Å²) >= 11 is 1.69. The normalized spacial score (nSPS) is 24.0. The molecule has 3 unspecified atom stereocenters. The first-order valence-corrected chi connectivity index (χ1v) is 8.74. The van der Waals surface area contributed by atoms with E-state index >= 15 is 0 Å². The summed E-state index contributed by atoms with van der Waals surface area (Å²) in [5, 5.41) is 7.76. The number of nitrogens with zero attached hydrogens (tertiary/aromatic N) is 2. The van der Waals surface area contributed by atoms with Crippen molar-refractivity contribution in [2.45, 2.75) is 51.4 Å². The molecule has 1 aliphatic rings. The smallest absolute Gasteiger partial charge is 0.241 e. The van der Waals surface area contributed by atoms with Gasteiger partial charge in [-0.2, -0.15) is 11.3 Å². The second-order valence-electron chi connectivity index (χ2n) is 6.15. The van der Waals surface area contributed by atoms with Crippen LogP contribution in [0.4, 0.5) is 0 Å². The third-order valence-corrected chi connectivity index (χ3v) is 4.80. The molecule has 1 aliphatic heterocycles. The maximum absolute atomic E-state index is 12.7. The summed E-state index contributed by atoms with van der Waals surface area (Å²) in [5.74, 6) is 0.263. The predicted octanol–water partition coefficient (Wildman–Crippen LogP) is 2.69. The molecule has 1 N–H and O–H groups in total. The van der Waals surface area contributed by atoms with Gasteiger partial charge in [0.25, 0.3) is 0 Å². The molecule has 2 heterocycles. The van der Waals surface area contributed by atoms with Crippen LogP contribution in [0.2, 0.25) is 0 Å². The van der Waals surface area contributed by atoms with Gasteiger partial charge < -0.3 is 9.80 Å². The molecule has 2 rings (SSSR count). The van der Waals surface area contributed by atoms with Crippen LogP contribution in [0, 0.1) is 0 Å². The van der Waals surface area contributed by atoms with Crippen LogP contribution in [0.15, 0.2) is 16.8 Å². The van der Waals surface area contributed by atoms with Crippen LogP contribution in [0.25, 0.3) is 0 Å². The van der Waals surface area contributed by atoms with Gasteiger partial charge in [-0.3, -0.25) is 10.1 Å². The van der Waals surface area contributed by atoms with Gasteiger partial charge in [-0.25, -0.2) is 0 Å². The number of rotatable bonds is 7. The average molecular weight is 309 g/mol. The van der Waals surface area contributed by atoms with E-state index in [9.17, 15) is 4.79 Å². The number of carbonyl (C=O) groups excluding carboxylic acids is 1. The van der Waals surface area contributed by atoms with Gasteiger partial charge in [-0.15, -0.1) is 0 Å².